The highest BCUT2D eigenvalue weighted by Crippen LogP contribution is 2.25. The Morgan fingerprint density at radius 2 is 1.74 bits per heavy atom. The molecule has 4 nitrogen and oxygen atoms in total. The lowest BCUT2D eigenvalue weighted by molar-refractivity contribution is 0.0456. The smallest absolute Gasteiger partial charge is 0.344 e. The second kappa shape index (κ2) is 8.59. The fourth-order valence-electron chi connectivity index (χ4n) is 3.18. The Morgan fingerprint density at radius 1 is 1.07 bits per heavy atom. The molecule has 1 aliphatic rings. The molecule has 1 heterocycles. The summed E-state index contributed by atoms with van der Waals surface area (Å²) in [6.07, 6.45) is 0.890. The average molecular weight is 374 g/mol. The van der Waals surface area contributed by atoms with Crippen molar-refractivity contribution in [3.05, 3.63) is 59.2 Å². The maximum absolute atomic E-state index is 14.4. The third kappa shape index (κ3) is 4.70. The van der Waals surface area contributed by atoms with E-state index in [0.29, 0.717) is 17.7 Å². The molecule has 1 fully saturated rings. The van der Waals surface area contributed by atoms with Crippen LogP contribution in [0, 0.1) is 11.6 Å². The van der Waals surface area contributed by atoms with Gasteiger partial charge in [0.2, 0.25) is 0 Å². The standard InChI is InChI=1S/C21H24F2N2O2/c1-3-15-4-6-16(7-5-15)17-12-18(22)20(19(23)13-17)21(26)27-11-10-25-9-8-24(2)14-25/h4-7,12-13H,3,8-11,14H2,1-2H3. The number of hydrogen-bond donors (Lipinski definition) is 0. The zero-order valence-electron chi connectivity index (χ0n) is 15.7. The Kier molecular flexibility index (Phi) is 6.19. The summed E-state index contributed by atoms with van der Waals surface area (Å²) in [6.45, 7) is 5.33. The van der Waals surface area contributed by atoms with Gasteiger partial charge >= 0.3 is 5.97 Å². The highest BCUT2D eigenvalue weighted by Gasteiger charge is 2.22. The van der Waals surface area contributed by atoms with E-state index in [1.54, 1.807) is 0 Å². The molecule has 2 aromatic rings. The van der Waals surface area contributed by atoms with Gasteiger partial charge in [0.1, 0.15) is 23.8 Å². The molecule has 0 aromatic heterocycles. The molecule has 0 atom stereocenters. The van der Waals surface area contributed by atoms with Crippen molar-refractivity contribution in [2.45, 2.75) is 13.3 Å². The van der Waals surface area contributed by atoms with Crippen LogP contribution in [0.25, 0.3) is 11.1 Å². The second-order valence-electron chi connectivity index (χ2n) is 6.84. The van der Waals surface area contributed by atoms with Crippen molar-refractivity contribution < 1.29 is 18.3 Å². The fraction of sp³-hybridized carbons (Fsp3) is 0.381. The summed E-state index contributed by atoms with van der Waals surface area (Å²) in [4.78, 5) is 16.4. The number of aryl methyl sites for hydroxylation is 1. The Morgan fingerprint density at radius 3 is 2.30 bits per heavy atom. The lowest BCUT2D eigenvalue weighted by Crippen LogP contribution is -2.28. The number of benzene rings is 2. The summed E-state index contributed by atoms with van der Waals surface area (Å²) in [7, 11) is 2.01. The zero-order chi connectivity index (χ0) is 19.4. The quantitative estimate of drug-likeness (QED) is 0.724. The summed E-state index contributed by atoms with van der Waals surface area (Å²) in [5, 5.41) is 0. The first kappa shape index (κ1) is 19.5. The van der Waals surface area contributed by atoms with Crippen LogP contribution in [0.1, 0.15) is 22.8 Å². The van der Waals surface area contributed by atoms with E-state index >= 15 is 0 Å². The van der Waals surface area contributed by atoms with E-state index in [-0.39, 0.29) is 6.61 Å². The van der Waals surface area contributed by atoms with Gasteiger partial charge in [-0.05, 0) is 42.3 Å². The topological polar surface area (TPSA) is 32.8 Å². The monoisotopic (exact) mass is 374 g/mol. The van der Waals surface area contributed by atoms with E-state index in [9.17, 15) is 13.6 Å². The van der Waals surface area contributed by atoms with E-state index in [0.717, 1.165) is 31.7 Å². The van der Waals surface area contributed by atoms with Crippen LogP contribution in [0.3, 0.4) is 0 Å². The molecular weight excluding hydrogens is 350 g/mol. The molecule has 1 saturated heterocycles. The summed E-state index contributed by atoms with van der Waals surface area (Å²) in [5.74, 6) is -2.78. The molecule has 0 amide bonds. The molecule has 0 aliphatic carbocycles. The third-order valence-corrected chi connectivity index (χ3v) is 4.82. The van der Waals surface area contributed by atoms with Crippen LogP contribution in [-0.4, -0.2) is 55.7 Å². The van der Waals surface area contributed by atoms with Crippen molar-refractivity contribution in [1.82, 2.24) is 9.80 Å². The first-order chi connectivity index (χ1) is 13.0. The minimum absolute atomic E-state index is 0.103. The number of hydrogen-bond acceptors (Lipinski definition) is 4. The number of ether oxygens (including phenoxy) is 1. The van der Waals surface area contributed by atoms with Crippen LogP contribution in [0.4, 0.5) is 8.78 Å². The van der Waals surface area contributed by atoms with Crippen molar-refractivity contribution in [1.29, 1.82) is 0 Å². The summed E-state index contributed by atoms with van der Waals surface area (Å²) in [6, 6.07) is 9.83. The molecular formula is C21H24F2N2O2. The van der Waals surface area contributed by atoms with E-state index in [1.165, 1.54) is 12.1 Å². The Labute approximate surface area is 158 Å². The fourth-order valence-corrected chi connectivity index (χ4v) is 3.18. The molecule has 0 bridgehead atoms. The van der Waals surface area contributed by atoms with Gasteiger partial charge in [-0.2, -0.15) is 0 Å². The zero-order valence-corrected chi connectivity index (χ0v) is 15.7. The first-order valence-corrected chi connectivity index (χ1v) is 9.14. The minimum Gasteiger partial charge on any atom is -0.461 e. The van der Waals surface area contributed by atoms with Gasteiger partial charge in [0.25, 0.3) is 0 Å². The summed E-state index contributed by atoms with van der Waals surface area (Å²) in [5.41, 5.74) is 1.60. The molecule has 6 heteroatoms. The second-order valence-corrected chi connectivity index (χ2v) is 6.84. The van der Waals surface area contributed by atoms with Crippen LogP contribution < -0.4 is 0 Å². The van der Waals surface area contributed by atoms with Gasteiger partial charge in [-0.25, -0.2) is 13.6 Å². The predicted octanol–water partition coefficient (Wildman–Crippen LogP) is 3.56. The van der Waals surface area contributed by atoms with Crippen LogP contribution >= 0.6 is 0 Å². The predicted molar refractivity (Wildman–Crippen MR) is 101 cm³/mol. The van der Waals surface area contributed by atoms with Gasteiger partial charge in [-0.3, -0.25) is 9.80 Å². The SMILES string of the molecule is CCc1ccc(-c2cc(F)c(C(=O)OCCN3CCN(C)C3)c(F)c2)cc1. The van der Waals surface area contributed by atoms with Crippen LogP contribution in [-0.2, 0) is 11.2 Å². The molecule has 27 heavy (non-hydrogen) atoms. The van der Waals surface area contributed by atoms with Crippen LogP contribution in [0.15, 0.2) is 36.4 Å². The van der Waals surface area contributed by atoms with Crippen LogP contribution in [0.2, 0.25) is 0 Å². The largest absolute Gasteiger partial charge is 0.461 e. The number of carbonyl (C=O) groups excluding carboxylic acids is 1. The van der Waals surface area contributed by atoms with Gasteiger partial charge in [0, 0.05) is 19.6 Å². The lowest BCUT2D eigenvalue weighted by atomic mass is 10.0. The summed E-state index contributed by atoms with van der Waals surface area (Å²) < 4.78 is 33.9. The molecule has 0 spiro atoms. The number of carbonyl (C=O) groups is 1. The first-order valence-electron chi connectivity index (χ1n) is 9.14. The highest BCUT2D eigenvalue weighted by atomic mass is 19.1. The van der Waals surface area contributed by atoms with Crippen molar-refractivity contribution in [2.75, 3.05) is 40.0 Å². The number of nitrogens with zero attached hydrogens (tertiary/aromatic N) is 2. The van der Waals surface area contributed by atoms with E-state index in [4.69, 9.17) is 4.74 Å². The Balaban J connectivity index is 1.67. The molecule has 0 radical (unpaired) electrons. The maximum Gasteiger partial charge on any atom is 0.344 e. The number of halogens is 2. The van der Waals surface area contributed by atoms with E-state index < -0.39 is 23.2 Å². The van der Waals surface area contributed by atoms with Gasteiger partial charge in [-0.1, -0.05) is 31.2 Å². The molecule has 144 valence electrons. The third-order valence-electron chi connectivity index (χ3n) is 4.82. The highest BCUT2D eigenvalue weighted by molar-refractivity contribution is 5.90. The van der Waals surface area contributed by atoms with E-state index in [2.05, 4.69) is 9.80 Å². The van der Waals surface area contributed by atoms with Gasteiger partial charge < -0.3 is 4.74 Å². The average Bonchev–Trinajstić information content (AvgIpc) is 3.06. The van der Waals surface area contributed by atoms with Crippen molar-refractivity contribution >= 4 is 5.97 Å². The lowest BCUT2D eigenvalue weighted by Gasteiger charge is -2.15. The van der Waals surface area contributed by atoms with Crippen molar-refractivity contribution in [2.24, 2.45) is 0 Å². The van der Waals surface area contributed by atoms with Gasteiger partial charge in [0.15, 0.2) is 0 Å². The molecule has 2 aromatic carbocycles. The molecule has 3 rings (SSSR count). The van der Waals surface area contributed by atoms with Gasteiger partial charge in [0.05, 0.1) is 6.67 Å². The number of esters is 1. The Bertz CT molecular complexity index is 785. The molecule has 0 N–H and O–H groups in total. The minimum atomic E-state index is -0.967. The normalized spacial score (nSPS) is 15.3. The molecule has 0 unspecified atom stereocenters. The number of likely N-dealkylation sites (N-methyl/N-ethyl adjacent to an activating group) is 1. The number of rotatable bonds is 6. The Hall–Kier alpha value is -2.31. The van der Waals surface area contributed by atoms with Crippen LogP contribution in [0.5, 0.6) is 0 Å². The summed E-state index contributed by atoms with van der Waals surface area (Å²) >= 11 is 0. The maximum atomic E-state index is 14.4. The molecule has 1 aliphatic heterocycles. The van der Waals surface area contributed by atoms with Crippen molar-refractivity contribution in [3.8, 4) is 11.1 Å². The van der Waals surface area contributed by atoms with Gasteiger partial charge in [-0.15, -0.1) is 0 Å². The molecule has 0 saturated carbocycles. The van der Waals surface area contributed by atoms with Crippen molar-refractivity contribution in [3.63, 3.8) is 0 Å². The van der Waals surface area contributed by atoms with E-state index in [1.807, 2.05) is 38.2 Å².